The lowest BCUT2D eigenvalue weighted by Gasteiger charge is -2.26. The molecule has 2 aromatic carbocycles. The van der Waals surface area contributed by atoms with Crippen LogP contribution in [0.5, 0.6) is 0 Å². The molecule has 1 aliphatic heterocycles. The summed E-state index contributed by atoms with van der Waals surface area (Å²) in [5.41, 5.74) is 0.675. The summed E-state index contributed by atoms with van der Waals surface area (Å²) in [6.07, 6.45) is 1.54. The number of non-ortho nitro benzene ring substituents is 1. The molecular formula is C19H18N2O6S. The maximum Gasteiger partial charge on any atom is 0.335 e. The van der Waals surface area contributed by atoms with Crippen molar-refractivity contribution in [1.29, 1.82) is 0 Å². The number of carbonyl (C=O) groups is 1. The summed E-state index contributed by atoms with van der Waals surface area (Å²) >= 11 is 0. The molecular weight excluding hydrogens is 384 g/mol. The molecule has 1 aliphatic rings. The molecule has 1 atom stereocenters. The Morgan fingerprint density at radius 1 is 1.18 bits per heavy atom. The highest BCUT2D eigenvalue weighted by Gasteiger charge is 2.41. The largest absolute Gasteiger partial charge is 0.463 e. The van der Waals surface area contributed by atoms with Crippen LogP contribution in [-0.2, 0) is 19.6 Å². The highest BCUT2D eigenvalue weighted by molar-refractivity contribution is 7.89. The minimum atomic E-state index is -4.01. The Morgan fingerprint density at radius 2 is 1.82 bits per heavy atom. The summed E-state index contributed by atoms with van der Waals surface area (Å²) in [6, 6.07) is 12.6. The number of nitro benzene ring substituents is 1. The second kappa shape index (κ2) is 7.91. The molecule has 1 heterocycles. The van der Waals surface area contributed by atoms with E-state index in [1.165, 1.54) is 16.4 Å². The van der Waals surface area contributed by atoms with E-state index in [-0.39, 0.29) is 29.3 Å². The van der Waals surface area contributed by atoms with Crippen LogP contribution in [0, 0.1) is 10.1 Å². The van der Waals surface area contributed by atoms with Crippen molar-refractivity contribution in [2.24, 2.45) is 0 Å². The molecule has 2 aromatic rings. The van der Waals surface area contributed by atoms with E-state index < -0.39 is 27.0 Å². The number of hydrogen-bond donors (Lipinski definition) is 0. The van der Waals surface area contributed by atoms with Crippen LogP contribution in [-0.4, -0.2) is 36.8 Å². The summed E-state index contributed by atoms with van der Waals surface area (Å²) in [6.45, 7) is 1.84. The molecule has 0 aromatic heterocycles. The Hall–Kier alpha value is -3.04. The first-order chi connectivity index (χ1) is 13.4. The number of carbonyl (C=O) groups excluding carboxylic acids is 1. The van der Waals surface area contributed by atoms with Gasteiger partial charge in [0.25, 0.3) is 5.69 Å². The van der Waals surface area contributed by atoms with Crippen LogP contribution in [0.4, 0.5) is 5.69 Å². The zero-order valence-electron chi connectivity index (χ0n) is 15.0. The van der Waals surface area contributed by atoms with Crippen molar-refractivity contribution in [3.05, 3.63) is 81.9 Å². The van der Waals surface area contributed by atoms with Crippen molar-refractivity contribution in [2.75, 3.05) is 13.2 Å². The predicted octanol–water partition coefficient (Wildman–Crippen LogP) is 2.83. The van der Waals surface area contributed by atoms with Crippen molar-refractivity contribution in [1.82, 2.24) is 4.31 Å². The Bertz CT molecular complexity index is 1020. The first-order valence-corrected chi connectivity index (χ1v) is 9.98. The van der Waals surface area contributed by atoms with Crippen LogP contribution in [0.25, 0.3) is 0 Å². The van der Waals surface area contributed by atoms with Crippen LogP contribution in [0.3, 0.4) is 0 Å². The number of ether oxygens (including phenoxy) is 1. The number of esters is 1. The van der Waals surface area contributed by atoms with Gasteiger partial charge in [-0.2, -0.15) is 4.31 Å². The summed E-state index contributed by atoms with van der Waals surface area (Å²) < 4.78 is 32.7. The van der Waals surface area contributed by atoms with Gasteiger partial charge in [0, 0.05) is 18.7 Å². The topological polar surface area (TPSA) is 107 Å². The van der Waals surface area contributed by atoms with Crippen molar-refractivity contribution in [3.63, 3.8) is 0 Å². The zero-order valence-corrected chi connectivity index (χ0v) is 15.8. The molecule has 0 bridgehead atoms. The van der Waals surface area contributed by atoms with Crippen LogP contribution in [0.1, 0.15) is 18.5 Å². The third-order valence-electron chi connectivity index (χ3n) is 4.35. The fourth-order valence-corrected chi connectivity index (χ4v) is 4.60. The van der Waals surface area contributed by atoms with Gasteiger partial charge >= 0.3 is 5.97 Å². The summed E-state index contributed by atoms with van der Waals surface area (Å²) in [4.78, 5) is 22.5. The average Bonchev–Trinajstić information content (AvgIpc) is 3.15. The maximum absolute atomic E-state index is 13.2. The second-order valence-electron chi connectivity index (χ2n) is 6.02. The van der Waals surface area contributed by atoms with Gasteiger partial charge in [0.15, 0.2) is 0 Å². The van der Waals surface area contributed by atoms with Crippen molar-refractivity contribution >= 4 is 21.7 Å². The molecule has 0 N–H and O–H groups in total. The Balaban J connectivity index is 2.01. The summed E-state index contributed by atoms with van der Waals surface area (Å²) in [7, 11) is -4.01. The van der Waals surface area contributed by atoms with E-state index in [9.17, 15) is 23.3 Å². The first-order valence-electron chi connectivity index (χ1n) is 8.54. The molecule has 146 valence electrons. The van der Waals surface area contributed by atoms with Gasteiger partial charge < -0.3 is 4.74 Å². The SMILES string of the molecule is CCOC(=O)C1=CCN(S(=O)(=O)c2ccc([N+](=O)[O-])cc2)C1c1ccccc1. The molecule has 28 heavy (non-hydrogen) atoms. The number of nitrogens with zero attached hydrogens (tertiary/aromatic N) is 2. The highest BCUT2D eigenvalue weighted by Crippen LogP contribution is 2.38. The maximum atomic E-state index is 13.2. The molecule has 0 radical (unpaired) electrons. The van der Waals surface area contributed by atoms with E-state index >= 15 is 0 Å². The smallest absolute Gasteiger partial charge is 0.335 e. The Labute approximate surface area is 162 Å². The lowest BCUT2D eigenvalue weighted by Crippen LogP contribution is -2.33. The van der Waals surface area contributed by atoms with Gasteiger partial charge in [-0.1, -0.05) is 36.4 Å². The van der Waals surface area contributed by atoms with Crippen LogP contribution >= 0.6 is 0 Å². The van der Waals surface area contributed by atoms with Gasteiger partial charge in [0.2, 0.25) is 10.0 Å². The number of hydrogen-bond acceptors (Lipinski definition) is 6. The van der Waals surface area contributed by atoms with Gasteiger partial charge in [-0.05, 0) is 24.6 Å². The van der Waals surface area contributed by atoms with E-state index in [1.807, 2.05) is 0 Å². The van der Waals surface area contributed by atoms with Gasteiger partial charge in [0.1, 0.15) is 0 Å². The third kappa shape index (κ3) is 3.67. The second-order valence-corrected chi connectivity index (χ2v) is 7.91. The van der Waals surface area contributed by atoms with E-state index in [4.69, 9.17) is 4.74 Å². The van der Waals surface area contributed by atoms with Crippen molar-refractivity contribution in [3.8, 4) is 0 Å². The molecule has 0 amide bonds. The molecule has 3 rings (SSSR count). The summed E-state index contributed by atoms with van der Waals surface area (Å²) in [5, 5.41) is 10.8. The first kappa shape index (κ1) is 19.7. The van der Waals surface area contributed by atoms with E-state index in [1.54, 1.807) is 43.3 Å². The minimum Gasteiger partial charge on any atom is -0.463 e. The fourth-order valence-electron chi connectivity index (χ4n) is 3.06. The van der Waals surface area contributed by atoms with Gasteiger partial charge in [-0.15, -0.1) is 0 Å². The number of benzene rings is 2. The highest BCUT2D eigenvalue weighted by atomic mass is 32.2. The van der Waals surface area contributed by atoms with Crippen LogP contribution in [0.2, 0.25) is 0 Å². The van der Waals surface area contributed by atoms with Crippen molar-refractivity contribution in [2.45, 2.75) is 17.9 Å². The van der Waals surface area contributed by atoms with E-state index in [2.05, 4.69) is 0 Å². The lowest BCUT2D eigenvalue weighted by atomic mass is 10.0. The monoisotopic (exact) mass is 402 g/mol. The van der Waals surface area contributed by atoms with Crippen LogP contribution in [0.15, 0.2) is 71.1 Å². The van der Waals surface area contributed by atoms with Gasteiger partial charge in [-0.25, -0.2) is 13.2 Å². The lowest BCUT2D eigenvalue weighted by molar-refractivity contribution is -0.384. The Kier molecular flexibility index (Phi) is 5.57. The van der Waals surface area contributed by atoms with Crippen LogP contribution < -0.4 is 0 Å². The number of sulfonamides is 1. The molecule has 1 unspecified atom stereocenters. The number of rotatable bonds is 6. The van der Waals surface area contributed by atoms with Gasteiger partial charge in [-0.3, -0.25) is 10.1 Å². The molecule has 0 spiro atoms. The van der Waals surface area contributed by atoms with E-state index in [0.29, 0.717) is 5.56 Å². The predicted molar refractivity (Wildman–Crippen MR) is 101 cm³/mol. The molecule has 8 nitrogen and oxygen atoms in total. The molecule has 0 saturated carbocycles. The molecule has 0 aliphatic carbocycles. The Morgan fingerprint density at radius 3 is 2.39 bits per heavy atom. The molecule has 0 fully saturated rings. The fraction of sp³-hybridized carbons (Fsp3) is 0.211. The molecule has 9 heteroatoms. The zero-order chi connectivity index (χ0) is 20.3. The quantitative estimate of drug-likeness (QED) is 0.418. The normalized spacial score (nSPS) is 17.2. The average molecular weight is 402 g/mol. The van der Waals surface area contributed by atoms with E-state index in [0.717, 1.165) is 12.1 Å². The van der Waals surface area contributed by atoms with Crippen molar-refractivity contribution < 1.29 is 22.9 Å². The molecule has 0 saturated heterocycles. The summed E-state index contributed by atoms with van der Waals surface area (Å²) in [5.74, 6) is -0.572. The minimum absolute atomic E-state index is 0.00692. The number of nitro groups is 1. The standard InChI is InChI=1S/C19H18N2O6S/c1-2-27-19(22)17-12-13-20(18(17)14-6-4-3-5-7-14)28(25,26)16-10-8-15(9-11-16)21(23)24/h3-12,18H,2,13H2,1H3. The third-order valence-corrected chi connectivity index (χ3v) is 6.20. The van der Waals surface area contributed by atoms with Gasteiger partial charge in [0.05, 0.1) is 28.0 Å².